The number of nitrogens with zero attached hydrogens (tertiary/aromatic N) is 1. The molecule has 0 spiro atoms. The van der Waals surface area contributed by atoms with Crippen LogP contribution in [-0.4, -0.2) is 10.9 Å². The predicted molar refractivity (Wildman–Crippen MR) is 116 cm³/mol. The van der Waals surface area contributed by atoms with Crippen LogP contribution >= 0.6 is 11.3 Å². The van der Waals surface area contributed by atoms with Crippen LogP contribution < -0.4 is 10.6 Å². The summed E-state index contributed by atoms with van der Waals surface area (Å²) < 4.78 is 44.5. The maximum Gasteiger partial charge on any atom is 0.416 e. The number of amides is 1. The lowest BCUT2D eigenvalue weighted by Gasteiger charge is -2.19. The lowest BCUT2D eigenvalue weighted by molar-refractivity contribution is -0.137. The number of benzene rings is 2. The standard InChI is InChI=1S/C23H18F3N3O2S/c24-23(25,26)16-8-4-9-17(12-16)28-21(30)20(15-6-2-1-3-7-15)27-13-18-14-31-22(29-18)19-10-5-11-32-19/h1-12,14,20,27H,13H2,(H,28,30). The van der Waals surface area contributed by atoms with E-state index in [-0.39, 0.29) is 12.2 Å². The first-order valence-electron chi connectivity index (χ1n) is 9.65. The van der Waals surface area contributed by atoms with Crippen LogP contribution in [0.4, 0.5) is 18.9 Å². The Bertz CT molecular complexity index is 1170. The van der Waals surface area contributed by atoms with Gasteiger partial charge in [0.15, 0.2) is 0 Å². The van der Waals surface area contributed by atoms with Gasteiger partial charge in [-0.15, -0.1) is 11.3 Å². The van der Waals surface area contributed by atoms with Gasteiger partial charge in [0.25, 0.3) is 0 Å². The molecule has 0 fully saturated rings. The molecule has 1 unspecified atom stereocenters. The molecule has 0 aliphatic heterocycles. The largest absolute Gasteiger partial charge is 0.444 e. The molecule has 4 aromatic rings. The lowest BCUT2D eigenvalue weighted by Crippen LogP contribution is -2.33. The van der Waals surface area contributed by atoms with Crippen LogP contribution in [0.2, 0.25) is 0 Å². The molecule has 164 valence electrons. The molecular weight excluding hydrogens is 439 g/mol. The molecule has 32 heavy (non-hydrogen) atoms. The van der Waals surface area contributed by atoms with E-state index in [2.05, 4.69) is 15.6 Å². The Balaban J connectivity index is 1.50. The van der Waals surface area contributed by atoms with Crippen LogP contribution in [0, 0.1) is 0 Å². The highest BCUT2D eigenvalue weighted by Crippen LogP contribution is 2.31. The smallest absolute Gasteiger partial charge is 0.416 e. The molecule has 1 atom stereocenters. The fourth-order valence-electron chi connectivity index (χ4n) is 3.10. The van der Waals surface area contributed by atoms with Crippen molar-refractivity contribution in [2.24, 2.45) is 0 Å². The van der Waals surface area contributed by atoms with E-state index in [9.17, 15) is 18.0 Å². The number of hydrogen-bond acceptors (Lipinski definition) is 5. The minimum atomic E-state index is -4.49. The summed E-state index contributed by atoms with van der Waals surface area (Å²) in [6.45, 7) is 0.227. The van der Waals surface area contributed by atoms with Gasteiger partial charge in [0.2, 0.25) is 11.8 Å². The highest BCUT2D eigenvalue weighted by Gasteiger charge is 2.30. The minimum Gasteiger partial charge on any atom is -0.444 e. The van der Waals surface area contributed by atoms with E-state index in [0.717, 1.165) is 17.0 Å². The Kier molecular flexibility index (Phi) is 6.38. The highest BCUT2D eigenvalue weighted by molar-refractivity contribution is 7.13. The third-order valence-electron chi connectivity index (χ3n) is 4.62. The first kappa shape index (κ1) is 21.8. The number of nitrogens with one attached hydrogen (secondary N) is 2. The summed E-state index contributed by atoms with van der Waals surface area (Å²) in [6, 6.07) is 16.4. The molecule has 0 aliphatic carbocycles. The van der Waals surface area contributed by atoms with Crippen molar-refractivity contribution in [2.75, 3.05) is 5.32 Å². The number of rotatable bonds is 7. The van der Waals surface area contributed by atoms with E-state index in [1.807, 2.05) is 23.6 Å². The fraction of sp³-hybridized carbons (Fsp3) is 0.130. The maximum atomic E-state index is 13.0. The quantitative estimate of drug-likeness (QED) is 0.363. The maximum absolute atomic E-state index is 13.0. The molecule has 9 heteroatoms. The first-order chi connectivity index (χ1) is 15.4. The topological polar surface area (TPSA) is 67.2 Å². The Labute approximate surface area is 185 Å². The molecule has 5 nitrogen and oxygen atoms in total. The Morgan fingerprint density at radius 3 is 2.59 bits per heavy atom. The fourth-order valence-corrected chi connectivity index (χ4v) is 3.76. The molecule has 2 aromatic carbocycles. The first-order valence-corrected chi connectivity index (χ1v) is 10.5. The SMILES string of the molecule is O=C(Nc1cccc(C(F)(F)F)c1)C(NCc1coc(-c2cccs2)n1)c1ccccc1. The van der Waals surface area contributed by atoms with Crippen molar-refractivity contribution >= 4 is 22.9 Å². The summed E-state index contributed by atoms with van der Waals surface area (Å²) in [5.74, 6) is -0.000946. The third kappa shape index (κ3) is 5.24. The van der Waals surface area contributed by atoms with Crippen LogP contribution in [0.15, 0.2) is 82.8 Å². The predicted octanol–water partition coefficient (Wildman–Crippen LogP) is 5.89. The number of oxazole rings is 1. The van der Waals surface area contributed by atoms with E-state index in [0.29, 0.717) is 17.1 Å². The average molecular weight is 457 g/mol. The van der Waals surface area contributed by atoms with Crippen LogP contribution in [-0.2, 0) is 17.5 Å². The van der Waals surface area contributed by atoms with Gasteiger partial charge in [-0.3, -0.25) is 10.1 Å². The number of thiophene rings is 1. The molecule has 0 saturated carbocycles. The van der Waals surface area contributed by atoms with Gasteiger partial charge in [0.1, 0.15) is 12.3 Å². The van der Waals surface area contributed by atoms with Gasteiger partial charge in [0.05, 0.1) is 16.1 Å². The highest BCUT2D eigenvalue weighted by atomic mass is 32.1. The molecule has 0 radical (unpaired) electrons. The molecular formula is C23H18F3N3O2S. The van der Waals surface area contributed by atoms with Gasteiger partial charge in [0, 0.05) is 12.2 Å². The Morgan fingerprint density at radius 2 is 1.88 bits per heavy atom. The molecule has 4 rings (SSSR count). The lowest BCUT2D eigenvalue weighted by atomic mass is 10.1. The van der Waals surface area contributed by atoms with Crippen molar-refractivity contribution in [1.82, 2.24) is 10.3 Å². The zero-order valence-electron chi connectivity index (χ0n) is 16.6. The third-order valence-corrected chi connectivity index (χ3v) is 5.48. The monoisotopic (exact) mass is 457 g/mol. The molecule has 2 aromatic heterocycles. The molecule has 2 N–H and O–H groups in total. The van der Waals surface area contributed by atoms with Gasteiger partial charge < -0.3 is 9.73 Å². The van der Waals surface area contributed by atoms with Crippen molar-refractivity contribution in [1.29, 1.82) is 0 Å². The van der Waals surface area contributed by atoms with Crippen LogP contribution in [0.1, 0.15) is 22.9 Å². The van der Waals surface area contributed by atoms with E-state index in [1.54, 1.807) is 24.3 Å². The van der Waals surface area contributed by atoms with Crippen LogP contribution in [0.25, 0.3) is 10.8 Å². The van der Waals surface area contributed by atoms with Crippen LogP contribution in [0.3, 0.4) is 0 Å². The number of anilines is 1. The minimum absolute atomic E-state index is 0.0639. The van der Waals surface area contributed by atoms with E-state index >= 15 is 0 Å². The van der Waals surface area contributed by atoms with Crippen molar-refractivity contribution < 1.29 is 22.4 Å². The van der Waals surface area contributed by atoms with Crippen molar-refractivity contribution in [3.05, 3.63) is 95.2 Å². The summed E-state index contributed by atoms with van der Waals surface area (Å²) in [4.78, 5) is 18.3. The zero-order valence-corrected chi connectivity index (χ0v) is 17.4. The summed E-state index contributed by atoms with van der Waals surface area (Å²) in [7, 11) is 0. The second kappa shape index (κ2) is 9.37. The second-order valence-corrected chi connectivity index (χ2v) is 7.86. The van der Waals surface area contributed by atoms with Gasteiger partial charge in [-0.2, -0.15) is 13.2 Å². The van der Waals surface area contributed by atoms with Gasteiger partial charge in [-0.1, -0.05) is 42.5 Å². The zero-order chi connectivity index (χ0) is 22.6. The Morgan fingerprint density at radius 1 is 1.06 bits per heavy atom. The van der Waals surface area contributed by atoms with E-state index in [4.69, 9.17) is 4.42 Å². The van der Waals surface area contributed by atoms with Gasteiger partial charge in [-0.05, 0) is 35.2 Å². The summed E-state index contributed by atoms with van der Waals surface area (Å²) in [5, 5.41) is 7.61. The molecule has 2 heterocycles. The van der Waals surface area contributed by atoms with Crippen molar-refractivity contribution in [3.63, 3.8) is 0 Å². The van der Waals surface area contributed by atoms with Crippen molar-refractivity contribution in [3.8, 4) is 10.8 Å². The molecule has 0 bridgehead atoms. The number of carbonyl (C=O) groups excluding carboxylic acids is 1. The van der Waals surface area contributed by atoms with Crippen molar-refractivity contribution in [2.45, 2.75) is 18.8 Å². The normalized spacial score (nSPS) is 12.5. The number of aromatic nitrogens is 1. The molecule has 0 aliphatic rings. The van der Waals surface area contributed by atoms with Gasteiger partial charge in [-0.25, -0.2) is 4.98 Å². The molecule has 1 amide bonds. The summed E-state index contributed by atoms with van der Waals surface area (Å²) >= 11 is 1.50. The molecule has 0 saturated heterocycles. The number of alkyl halides is 3. The summed E-state index contributed by atoms with van der Waals surface area (Å²) in [6.07, 6.45) is -2.99. The number of halogens is 3. The van der Waals surface area contributed by atoms with E-state index in [1.165, 1.54) is 29.7 Å². The van der Waals surface area contributed by atoms with Gasteiger partial charge >= 0.3 is 6.18 Å². The average Bonchev–Trinajstić information content (AvgIpc) is 3.46. The number of hydrogen-bond donors (Lipinski definition) is 2. The number of carbonyl (C=O) groups is 1. The van der Waals surface area contributed by atoms with E-state index < -0.39 is 23.7 Å². The Hall–Kier alpha value is -3.43. The summed E-state index contributed by atoms with van der Waals surface area (Å²) in [5.41, 5.74) is 0.498. The van der Waals surface area contributed by atoms with Crippen LogP contribution in [0.5, 0.6) is 0 Å². The second-order valence-electron chi connectivity index (χ2n) is 6.91.